The van der Waals surface area contributed by atoms with Crippen LogP contribution in [-0.4, -0.2) is 16.2 Å². The molecular formula is C14H11BrO4. The van der Waals surface area contributed by atoms with Crippen molar-refractivity contribution < 1.29 is 19.7 Å². The Bertz CT molecular complexity index is 610. The van der Waals surface area contributed by atoms with E-state index in [9.17, 15) is 9.90 Å². The summed E-state index contributed by atoms with van der Waals surface area (Å²) < 4.78 is 6.36. The lowest BCUT2D eigenvalue weighted by molar-refractivity contribution is 0.0692. The standard InChI is InChI=1S/C14H11BrO4/c15-10-4-1-3-9(7-10)8-19-12-6-2-5-11(13(12)16)14(17)18/h1-7,16H,8H2,(H,17,18). The van der Waals surface area contributed by atoms with Gasteiger partial charge in [0.05, 0.1) is 0 Å². The number of halogens is 1. The van der Waals surface area contributed by atoms with Crippen molar-refractivity contribution in [2.75, 3.05) is 0 Å². The minimum atomic E-state index is -1.19. The van der Waals surface area contributed by atoms with Crippen LogP contribution in [0.5, 0.6) is 11.5 Å². The molecule has 2 N–H and O–H groups in total. The van der Waals surface area contributed by atoms with Crippen LogP contribution in [-0.2, 0) is 6.61 Å². The number of aromatic carboxylic acids is 1. The van der Waals surface area contributed by atoms with E-state index in [4.69, 9.17) is 9.84 Å². The van der Waals surface area contributed by atoms with Gasteiger partial charge >= 0.3 is 5.97 Å². The number of hydrogen-bond acceptors (Lipinski definition) is 3. The molecule has 2 rings (SSSR count). The number of phenols is 1. The number of benzene rings is 2. The van der Waals surface area contributed by atoms with Gasteiger partial charge in [-0.15, -0.1) is 0 Å². The molecule has 0 unspecified atom stereocenters. The molecule has 0 atom stereocenters. The maximum absolute atomic E-state index is 10.9. The zero-order valence-electron chi connectivity index (χ0n) is 9.84. The molecule has 0 heterocycles. The minimum Gasteiger partial charge on any atom is -0.504 e. The fraction of sp³-hybridized carbons (Fsp3) is 0.0714. The summed E-state index contributed by atoms with van der Waals surface area (Å²) >= 11 is 3.35. The van der Waals surface area contributed by atoms with Gasteiger partial charge in [0.15, 0.2) is 11.5 Å². The fourth-order valence-electron chi connectivity index (χ4n) is 1.60. The van der Waals surface area contributed by atoms with E-state index in [1.807, 2.05) is 24.3 Å². The first-order valence-corrected chi connectivity index (χ1v) is 6.30. The van der Waals surface area contributed by atoms with Crippen molar-refractivity contribution in [3.05, 3.63) is 58.1 Å². The van der Waals surface area contributed by atoms with Crippen LogP contribution in [0.25, 0.3) is 0 Å². The zero-order valence-corrected chi connectivity index (χ0v) is 11.4. The second kappa shape index (κ2) is 5.75. The summed E-state index contributed by atoms with van der Waals surface area (Å²) in [5.41, 5.74) is 0.737. The highest BCUT2D eigenvalue weighted by atomic mass is 79.9. The van der Waals surface area contributed by atoms with E-state index in [0.717, 1.165) is 10.0 Å². The first-order chi connectivity index (χ1) is 9.08. The molecule has 19 heavy (non-hydrogen) atoms. The number of carboxylic acids is 1. The number of rotatable bonds is 4. The van der Waals surface area contributed by atoms with Gasteiger partial charge in [-0.1, -0.05) is 34.1 Å². The van der Waals surface area contributed by atoms with Crippen molar-refractivity contribution in [3.8, 4) is 11.5 Å². The van der Waals surface area contributed by atoms with Crippen molar-refractivity contribution in [3.63, 3.8) is 0 Å². The van der Waals surface area contributed by atoms with Crippen LogP contribution < -0.4 is 4.74 Å². The van der Waals surface area contributed by atoms with E-state index < -0.39 is 5.97 Å². The number of aromatic hydroxyl groups is 1. The predicted octanol–water partition coefficient (Wildman–Crippen LogP) is 3.43. The Morgan fingerprint density at radius 2 is 1.95 bits per heavy atom. The van der Waals surface area contributed by atoms with Gasteiger partial charge in [-0.2, -0.15) is 0 Å². The molecule has 0 aliphatic carbocycles. The van der Waals surface area contributed by atoms with E-state index in [0.29, 0.717) is 0 Å². The summed E-state index contributed by atoms with van der Waals surface area (Å²) in [4.78, 5) is 10.9. The first-order valence-electron chi connectivity index (χ1n) is 5.50. The van der Waals surface area contributed by atoms with Crippen molar-refractivity contribution in [2.45, 2.75) is 6.61 Å². The van der Waals surface area contributed by atoms with E-state index in [1.165, 1.54) is 18.2 Å². The summed E-state index contributed by atoms with van der Waals surface area (Å²) in [7, 11) is 0. The molecule has 4 nitrogen and oxygen atoms in total. The normalized spacial score (nSPS) is 10.2. The SMILES string of the molecule is O=C(O)c1cccc(OCc2cccc(Br)c2)c1O. The molecule has 0 aliphatic rings. The van der Waals surface area contributed by atoms with Gasteiger partial charge in [0.2, 0.25) is 0 Å². The zero-order chi connectivity index (χ0) is 13.8. The monoisotopic (exact) mass is 322 g/mol. The fourth-order valence-corrected chi connectivity index (χ4v) is 2.05. The molecule has 98 valence electrons. The van der Waals surface area contributed by atoms with Gasteiger partial charge < -0.3 is 14.9 Å². The lowest BCUT2D eigenvalue weighted by Gasteiger charge is -2.09. The van der Waals surface area contributed by atoms with E-state index >= 15 is 0 Å². The van der Waals surface area contributed by atoms with E-state index in [-0.39, 0.29) is 23.7 Å². The summed E-state index contributed by atoms with van der Waals surface area (Å²) in [6, 6.07) is 11.9. The molecule has 0 aromatic heterocycles. The van der Waals surface area contributed by atoms with E-state index in [1.54, 1.807) is 0 Å². The van der Waals surface area contributed by atoms with Crippen molar-refractivity contribution in [1.82, 2.24) is 0 Å². The molecule has 0 saturated heterocycles. The molecule has 0 fully saturated rings. The molecule has 0 radical (unpaired) electrons. The molecular weight excluding hydrogens is 312 g/mol. The predicted molar refractivity (Wildman–Crippen MR) is 73.5 cm³/mol. The highest BCUT2D eigenvalue weighted by Crippen LogP contribution is 2.30. The molecule has 5 heteroatoms. The van der Waals surface area contributed by atoms with Crippen LogP contribution in [0, 0.1) is 0 Å². The Hall–Kier alpha value is -2.01. The third-order valence-electron chi connectivity index (χ3n) is 2.51. The molecule has 0 spiro atoms. The molecule has 0 bridgehead atoms. The van der Waals surface area contributed by atoms with Gasteiger partial charge in [0.1, 0.15) is 12.2 Å². The van der Waals surface area contributed by atoms with Crippen LogP contribution >= 0.6 is 15.9 Å². The number of ether oxygens (including phenoxy) is 1. The average Bonchev–Trinajstić information content (AvgIpc) is 2.37. The van der Waals surface area contributed by atoms with Gasteiger partial charge in [-0.25, -0.2) is 4.79 Å². The maximum Gasteiger partial charge on any atom is 0.339 e. The van der Waals surface area contributed by atoms with Crippen LogP contribution in [0.15, 0.2) is 46.9 Å². The first kappa shape index (κ1) is 13.4. The van der Waals surface area contributed by atoms with Crippen molar-refractivity contribution in [2.24, 2.45) is 0 Å². The van der Waals surface area contributed by atoms with Crippen molar-refractivity contribution >= 4 is 21.9 Å². The number of hydrogen-bond donors (Lipinski definition) is 2. The lowest BCUT2D eigenvalue weighted by Crippen LogP contribution is -2.00. The topological polar surface area (TPSA) is 66.8 Å². The quantitative estimate of drug-likeness (QED) is 0.905. The Morgan fingerprint density at radius 1 is 1.21 bits per heavy atom. The van der Waals surface area contributed by atoms with Crippen molar-refractivity contribution in [1.29, 1.82) is 0 Å². The Balaban J connectivity index is 2.16. The molecule has 0 amide bonds. The Labute approximate surface area is 118 Å². The van der Waals surface area contributed by atoms with Gasteiger partial charge in [-0.05, 0) is 29.8 Å². The van der Waals surface area contributed by atoms with E-state index in [2.05, 4.69) is 15.9 Å². The Kier molecular flexibility index (Phi) is 4.06. The summed E-state index contributed by atoms with van der Waals surface area (Å²) in [5, 5.41) is 18.7. The molecule has 2 aromatic carbocycles. The van der Waals surface area contributed by atoms with Crippen LogP contribution in [0.4, 0.5) is 0 Å². The highest BCUT2D eigenvalue weighted by Gasteiger charge is 2.13. The Morgan fingerprint density at radius 3 is 2.63 bits per heavy atom. The molecule has 2 aromatic rings. The summed E-state index contributed by atoms with van der Waals surface area (Å²) in [5.74, 6) is -1.39. The van der Waals surface area contributed by atoms with Gasteiger partial charge in [0, 0.05) is 4.47 Å². The second-order valence-electron chi connectivity index (χ2n) is 3.88. The molecule has 0 aliphatic heterocycles. The molecule has 0 saturated carbocycles. The largest absolute Gasteiger partial charge is 0.504 e. The number of carboxylic acid groups (broad SMARTS) is 1. The van der Waals surface area contributed by atoms with Gasteiger partial charge in [-0.3, -0.25) is 0 Å². The third-order valence-corrected chi connectivity index (χ3v) is 3.01. The van der Waals surface area contributed by atoms with Crippen LogP contribution in [0.3, 0.4) is 0 Å². The smallest absolute Gasteiger partial charge is 0.339 e. The average molecular weight is 323 g/mol. The summed E-state index contributed by atoms with van der Waals surface area (Å²) in [6.45, 7) is 0.246. The highest BCUT2D eigenvalue weighted by molar-refractivity contribution is 9.10. The number of carbonyl (C=O) groups is 1. The maximum atomic E-state index is 10.9. The third kappa shape index (κ3) is 3.26. The lowest BCUT2D eigenvalue weighted by atomic mass is 10.2. The number of para-hydroxylation sites is 1. The second-order valence-corrected chi connectivity index (χ2v) is 4.79. The van der Waals surface area contributed by atoms with Crippen LogP contribution in [0.1, 0.15) is 15.9 Å². The van der Waals surface area contributed by atoms with Crippen LogP contribution in [0.2, 0.25) is 0 Å². The minimum absolute atomic E-state index is 0.153. The summed E-state index contributed by atoms with van der Waals surface area (Å²) in [6.07, 6.45) is 0. The van der Waals surface area contributed by atoms with Gasteiger partial charge in [0.25, 0.3) is 0 Å².